The molecule has 2 aliphatic rings. The van der Waals surface area contributed by atoms with E-state index >= 15 is 0 Å². The van der Waals surface area contributed by atoms with E-state index in [1.165, 1.54) is 37.2 Å². The second kappa shape index (κ2) is 8.40. The zero-order chi connectivity index (χ0) is 15.1. The first-order chi connectivity index (χ1) is 10.3. The largest absolute Gasteiger partial charge is 0.379 e. The van der Waals surface area contributed by atoms with Crippen LogP contribution in [0.1, 0.15) is 32.3 Å². The average Bonchev–Trinajstić information content (AvgIpc) is 2.58. The molecule has 0 bridgehead atoms. The fourth-order valence-electron chi connectivity index (χ4n) is 3.19. The number of nitrogens with zero attached hydrogens (tertiary/aromatic N) is 2. The number of morpholine rings is 1. The SMILES string of the molecule is CC.Cc1ccc(N2CCC(N3CCOCC3)CC2)cc1. The van der Waals surface area contributed by atoms with E-state index in [-0.39, 0.29) is 0 Å². The predicted molar refractivity (Wildman–Crippen MR) is 90.2 cm³/mol. The topological polar surface area (TPSA) is 15.7 Å². The van der Waals surface area contributed by atoms with Gasteiger partial charge in [-0.25, -0.2) is 0 Å². The van der Waals surface area contributed by atoms with Crippen LogP contribution in [0.4, 0.5) is 5.69 Å². The Morgan fingerprint density at radius 3 is 2.05 bits per heavy atom. The van der Waals surface area contributed by atoms with Crippen molar-refractivity contribution in [3.63, 3.8) is 0 Å². The number of aryl methyl sites for hydroxylation is 1. The molecular formula is C18H30N2O. The molecule has 2 aliphatic heterocycles. The highest BCUT2D eigenvalue weighted by Crippen LogP contribution is 2.23. The van der Waals surface area contributed by atoms with Crippen molar-refractivity contribution in [1.82, 2.24) is 4.90 Å². The smallest absolute Gasteiger partial charge is 0.0594 e. The Balaban J connectivity index is 0.000000774. The first-order valence-corrected chi connectivity index (χ1v) is 8.46. The van der Waals surface area contributed by atoms with E-state index in [1.807, 2.05) is 13.8 Å². The fraction of sp³-hybridized carbons (Fsp3) is 0.667. The first-order valence-electron chi connectivity index (χ1n) is 8.46. The molecule has 0 N–H and O–H groups in total. The van der Waals surface area contributed by atoms with Gasteiger partial charge in [-0.1, -0.05) is 31.5 Å². The molecule has 1 aromatic carbocycles. The molecule has 118 valence electrons. The van der Waals surface area contributed by atoms with Crippen LogP contribution < -0.4 is 4.90 Å². The molecule has 2 fully saturated rings. The Morgan fingerprint density at radius 2 is 1.48 bits per heavy atom. The van der Waals surface area contributed by atoms with Gasteiger partial charge in [0, 0.05) is 37.9 Å². The molecule has 0 atom stereocenters. The number of hydrogen-bond donors (Lipinski definition) is 0. The van der Waals surface area contributed by atoms with Gasteiger partial charge >= 0.3 is 0 Å². The van der Waals surface area contributed by atoms with Crippen molar-refractivity contribution in [1.29, 1.82) is 0 Å². The van der Waals surface area contributed by atoms with E-state index in [0.717, 1.165) is 32.3 Å². The number of rotatable bonds is 2. The maximum absolute atomic E-state index is 5.44. The van der Waals surface area contributed by atoms with Crippen LogP contribution in [0.15, 0.2) is 24.3 Å². The van der Waals surface area contributed by atoms with Gasteiger partial charge in [0.1, 0.15) is 0 Å². The van der Waals surface area contributed by atoms with Crippen LogP contribution in [0.25, 0.3) is 0 Å². The molecule has 0 amide bonds. The summed E-state index contributed by atoms with van der Waals surface area (Å²) >= 11 is 0. The number of anilines is 1. The highest BCUT2D eigenvalue weighted by Gasteiger charge is 2.25. The van der Waals surface area contributed by atoms with Gasteiger partial charge in [0.25, 0.3) is 0 Å². The highest BCUT2D eigenvalue weighted by molar-refractivity contribution is 5.47. The Hall–Kier alpha value is -1.06. The van der Waals surface area contributed by atoms with Crippen LogP contribution in [0.5, 0.6) is 0 Å². The number of hydrogen-bond acceptors (Lipinski definition) is 3. The third kappa shape index (κ3) is 4.45. The molecule has 0 aromatic heterocycles. The number of ether oxygens (including phenoxy) is 1. The zero-order valence-electron chi connectivity index (χ0n) is 13.8. The molecule has 2 saturated heterocycles. The molecule has 21 heavy (non-hydrogen) atoms. The minimum atomic E-state index is 0.769. The van der Waals surface area contributed by atoms with Gasteiger partial charge < -0.3 is 9.64 Å². The average molecular weight is 290 g/mol. The second-order valence-electron chi connectivity index (χ2n) is 5.70. The molecule has 0 unspecified atom stereocenters. The lowest BCUT2D eigenvalue weighted by atomic mass is 10.0. The van der Waals surface area contributed by atoms with Gasteiger partial charge in [-0.2, -0.15) is 0 Å². The van der Waals surface area contributed by atoms with Gasteiger partial charge in [0.2, 0.25) is 0 Å². The summed E-state index contributed by atoms with van der Waals surface area (Å²) in [6.45, 7) is 12.6. The van der Waals surface area contributed by atoms with Crippen molar-refractivity contribution in [3.8, 4) is 0 Å². The molecule has 2 heterocycles. The summed E-state index contributed by atoms with van der Waals surface area (Å²) < 4.78 is 5.44. The Bertz CT molecular complexity index is 390. The Kier molecular flexibility index (Phi) is 6.52. The van der Waals surface area contributed by atoms with Crippen molar-refractivity contribution >= 4 is 5.69 Å². The quantitative estimate of drug-likeness (QED) is 0.831. The molecular weight excluding hydrogens is 260 g/mol. The van der Waals surface area contributed by atoms with E-state index in [0.29, 0.717) is 0 Å². The fourth-order valence-corrected chi connectivity index (χ4v) is 3.19. The summed E-state index contributed by atoms with van der Waals surface area (Å²) in [6.07, 6.45) is 2.57. The highest BCUT2D eigenvalue weighted by atomic mass is 16.5. The van der Waals surface area contributed by atoms with Crippen molar-refractivity contribution in [2.24, 2.45) is 0 Å². The lowest BCUT2D eigenvalue weighted by Crippen LogP contribution is -2.49. The van der Waals surface area contributed by atoms with E-state index in [2.05, 4.69) is 41.0 Å². The van der Waals surface area contributed by atoms with Crippen LogP contribution in [-0.2, 0) is 4.74 Å². The van der Waals surface area contributed by atoms with Crippen LogP contribution in [0, 0.1) is 6.92 Å². The Labute approximate surface area is 129 Å². The molecule has 3 rings (SSSR count). The molecule has 0 radical (unpaired) electrons. The van der Waals surface area contributed by atoms with Crippen molar-refractivity contribution in [2.45, 2.75) is 39.7 Å². The van der Waals surface area contributed by atoms with E-state index in [1.54, 1.807) is 0 Å². The monoisotopic (exact) mass is 290 g/mol. The molecule has 3 heteroatoms. The third-order valence-corrected chi connectivity index (χ3v) is 4.43. The normalized spacial score (nSPS) is 20.8. The summed E-state index contributed by atoms with van der Waals surface area (Å²) in [5.41, 5.74) is 2.72. The summed E-state index contributed by atoms with van der Waals surface area (Å²) in [6, 6.07) is 9.70. The van der Waals surface area contributed by atoms with Gasteiger partial charge in [0.05, 0.1) is 13.2 Å². The van der Waals surface area contributed by atoms with Crippen LogP contribution in [-0.4, -0.2) is 50.3 Å². The van der Waals surface area contributed by atoms with E-state index in [9.17, 15) is 0 Å². The summed E-state index contributed by atoms with van der Waals surface area (Å²) in [5, 5.41) is 0. The number of piperidine rings is 1. The zero-order valence-corrected chi connectivity index (χ0v) is 13.8. The maximum atomic E-state index is 5.44. The summed E-state index contributed by atoms with van der Waals surface area (Å²) in [5.74, 6) is 0. The minimum absolute atomic E-state index is 0.769. The molecule has 0 spiro atoms. The van der Waals surface area contributed by atoms with Gasteiger partial charge in [-0.3, -0.25) is 4.90 Å². The second-order valence-corrected chi connectivity index (χ2v) is 5.70. The lowest BCUT2D eigenvalue weighted by Gasteiger charge is -2.40. The Morgan fingerprint density at radius 1 is 0.905 bits per heavy atom. The summed E-state index contributed by atoms with van der Waals surface area (Å²) in [7, 11) is 0. The standard InChI is InChI=1S/C16H24N2O.C2H6/c1-14-2-4-15(5-3-14)17-8-6-16(7-9-17)18-10-12-19-13-11-18;1-2/h2-5,16H,6-13H2,1H3;1-2H3. The summed E-state index contributed by atoms with van der Waals surface area (Å²) in [4.78, 5) is 5.15. The maximum Gasteiger partial charge on any atom is 0.0594 e. The van der Waals surface area contributed by atoms with Crippen LogP contribution >= 0.6 is 0 Å². The molecule has 1 aromatic rings. The van der Waals surface area contributed by atoms with E-state index < -0.39 is 0 Å². The number of benzene rings is 1. The molecule has 0 aliphatic carbocycles. The van der Waals surface area contributed by atoms with Gasteiger partial charge in [0.15, 0.2) is 0 Å². The van der Waals surface area contributed by atoms with Gasteiger partial charge in [-0.15, -0.1) is 0 Å². The van der Waals surface area contributed by atoms with Crippen molar-refractivity contribution in [2.75, 3.05) is 44.3 Å². The molecule has 0 saturated carbocycles. The van der Waals surface area contributed by atoms with E-state index in [4.69, 9.17) is 4.74 Å². The van der Waals surface area contributed by atoms with Crippen molar-refractivity contribution in [3.05, 3.63) is 29.8 Å². The molecule has 3 nitrogen and oxygen atoms in total. The minimum Gasteiger partial charge on any atom is -0.379 e. The van der Waals surface area contributed by atoms with Crippen molar-refractivity contribution < 1.29 is 4.74 Å². The predicted octanol–water partition coefficient (Wildman–Crippen LogP) is 3.32. The van der Waals surface area contributed by atoms with Crippen LogP contribution in [0.2, 0.25) is 0 Å². The van der Waals surface area contributed by atoms with Gasteiger partial charge in [-0.05, 0) is 31.9 Å². The van der Waals surface area contributed by atoms with Crippen LogP contribution in [0.3, 0.4) is 0 Å². The third-order valence-electron chi connectivity index (χ3n) is 4.43. The first kappa shape index (κ1) is 16.3. The lowest BCUT2D eigenvalue weighted by molar-refractivity contribution is 0.0115.